The minimum atomic E-state index is 0.307. The summed E-state index contributed by atoms with van der Waals surface area (Å²) in [5.41, 5.74) is 0.462. The lowest BCUT2D eigenvalue weighted by molar-refractivity contribution is -0.130. The molecule has 0 bridgehead atoms. The standard InChI is InChI=1S/C15H28N2O/c1-15(2)8-7-13(11-15)16-12-14(18)17-9-5-3-4-6-10-17/h13,16H,3-12H2,1-2H3. The number of carbonyl (C=O) groups excluding carboxylic acids is 1. The van der Waals surface area contributed by atoms with Gasteiger partial charge < -0.3 is 10.2 Å². The Labute approximate surface area is 111 Å². The number of hydrogen-bond acceptors (Lipinski definition) is 2. The lowest BCUT2D eigenvalue weighted by Crippen LogP contribution is -2.41. The molecule has 3 nitrogen and oxygen atoms in total. The average molecular weight is 252 g/mol. The Morgan fingerprint density at radius 1 is 1.22 bits per heavy atom. The Kier molecular flexibility index (Phi) is 4.66. The van der Waals surface area contributed by atoms with Gasteiger partial charge in [0, 0.05) is 19.1 Å². The fourth-order valence-corrected chi connectivity index (χ4v) is 3.27. The maximum absolute atomic E-state index is 12.1. The Morgan fingerprint density at radius 3 is 2.44 bits per heavy atom. The molecule has 0 aromatic rings. The van der Waals surface area contributed by atoms with Crippen molar-refractivity contribution in [3.05, 3.63) is 0 Å². The molecule has 1 amide bonds. The Hall–Kier alpha value is -0.570. The third-order valence-electron chi connectivity index (χ3n) is 4.47. The lowest BCUT2D eigenvalue weighted by Gasteiger charge is -2.22. The number of amides is 1. The van der Waals surface area contributed by atoms with Gasteiger partial charge in [-0.1, -0.05) is 26.7 Å². The summed E-state index contributed by atoms with van der Waals surface area (Å²) < 4.78 is 0. The van der Waals surface area contributed by atoms with Crippen LogP contribution in [0.25, 0.3) is 0 Å². The Balaban J connectivity index is 1.71. The van der Waals surface area contributed by atoms with Crippen molar-refractivity contribution in [1.82, 2.24) is 10.2 Å². The number of nitrogens with one attached hydrogen (secondary N) is 1. The molecule has 2 rings (SSSR count). The van der Waals surface area contributed by atoms with Gasteiger partial charge in [0.1, 0.15) is 0 Å². The molecular weight excluding hydrogens is 224 g/mol. The SMILES string of the molecule is CC1(C)CCC(NCC(=O)N2CCCCCC2)C1. The number of rotatable bonds is 3. The van der Waals surface area contributed by atoms with E-state index in [1.807, 2.05) is 0 Å². The zero-order valence-electron chi connectivity index (χ0n) is 12.0. The largest absolute Gasteiger partial charge is 0.342 e. The lowest BCUT2D eigenvalue weighted by atomic mass is 9.92. The van der Waals surface area contributed by atoms with Crippen LogP contribution >= 0.6 is 0 Å². The van der Waals surface area contributed by atoms with Gasteiger partial charge in [-0.3, -0.25) is 4.79 Å². The third-order valence-corrected chi connectivity index (χ3v) is 4.47. The van der Waals surface area contributed by atoms with Crippen LogP contribution in [0, 0.1) is 5.41 Å². The molecule has 1 unspecified atom stereocenters. The van der Waals surface area contributed by atoms with E-state index in [2.05, 4.69) is 24.1 Å². The van der Waals surface area contributed by atoms with E-state index in [0.29, 0.717) is 23.9 Å². The van der Waals surface area contributed by atoms with E-state index in [1.54, 1.807) is 0 Å². The molecule has 1 saturated carbocycles. The highest BCUT2D eigenvalue weighted by atomic mass is 16.2. The molecule has 0 spiro atoms. The van der Waals surface area contributed by atoms with Gasteiger partial charge in [0.25, 0.3) is 0 Å². The van der Waals surface area contributed by atoms with Crippen molar-refractivity contribution in [3.63, 3.8) is 0 Å². The first-order chi connectivity index (χ1) is 8.57. The van der Waals surface area contributed by atoms with Crippen LogP contribution in [-0.4, -0.2) is 36.5 Å². The molecule has 1 heterocycles. The number of carbonyl (C=O) groups is 1. The molecule has 1 atom stereocenters. The summed E-state index contributed by atoms with van der Waals surface area (Å²) in [4.78, 5) is 14.2. The van der Waals surface area contributed by atoms with Crippen molar-refractivity contribution >= 4 is 5.91 Å². The summed E-state index contributed by atoms with van der Waals surface area (Å²) in [5, 5.41) is 3.46. The van der Waals surface area contributed by atoms with E-state index >= 15 is 0 Å². The van der Waals surface area contributed by atoms with E-state index in [9.17, 15) is 4.79 Å². The minimum Gasteiger partial charge on any atom is -0.342 e. The molecular formula is C15H28N2O. The van der Waals surface area contributed by atoms with Gasteiger partial charge in [-0.2, -0.15) is 0 Å². The van der Waals surface area contributed by atoms with Crippen LogP contribution in [0.1, 0.15) is 58.8 Å². The van der Waals surface area contributed by atoms with Gasteiger partial charge in [0.15, 0.2) is 0 Å². The van der Waals surface area contributed by atoms with Gasteiger partial charge in [0.2, 0.25) is 5.91 Å². The summed E-state index contributed by atoms with van der Waals surface area (Å²) in [6.07, 6.45) is 8.65. The molecule has 1 N–H and O–H groups in total. The number of nitrogens with zero attached hydrogens (tertiary/aromatic N) is 1. The predicted molar refractivity (Wildman–Crippen MR) is 74.5 cm³/mol. The van der Waals surface area contributed by atoms with Crippen molar-refractivity contribution in [3.8, 4) is 0 Å². The first-order valence-electron chi connectivity index (χ1n) is 7.58. The molecule has 0 radical (unpaired) electrons. The van der Waals surface area contributed by atoms with Crippen LogP contribution in [0.5, 0.6) is 0 Å². The second kappa shape index (κ2) is 6.05. The van der Waals surface area contributed by atoms with Gasteiger partial charge in [-0.15, -0.1) is 0 Å². The summed E-state index contributed by atoms with van der Waals surface area (Å²) in [5.74, 6) is 0.307. The van der Waals surface area contributed by atoms with E-state index in [4.69, 9.17) is 0 Å². The van der Waals surface area contributed by atoms with Gasteiger partial charge >= 0.3 is 0 Å². The van der Waals surface area contributed by atoms with Gasteiger partial charge in [-0.05, 0) is 37.5 Å². The second-order valence-corrected chi connectivity index (χ2v) is 6.78. The smallest absolute Gasteiger partial charge is 0.236 e. The maximum Gasteiger partial charge on any atom is 0.236 e. The molecule has 2 fully saturated rings. The summed E-state index contributed by atoms with van der Waals surface area (Å²) in [6, 6.07) is 0.552. The van der Waals surface area contributed by atoms with Crippen LogP contribution in [0.4, 0.5) is 0 Å². The Morgan fingerprint density at radius 2 is 1.89 bits per heavy atom. The van der Waals surface area contributed by atoms with Crippen molar-refractivity contribution in [1.29, 1.82) is 0 Å². The highest BCUT2D eigenvalue weighted by Crippen LogP contribution is 2.36. The first-order valence-corrected chi connectivity index (χ1v) is 7.58. The Bertz CT molecular complexity index is 280. The van der Waals surface area contributed by atoms with E-state index in [0.717, 1.165) is 13.1 Å². The second-order valence-electron chi connectivity index (χ2n) is 6.78. The molecule has 1 saturated heterocycles. The van der Waals surface area contributed by atoms with Crippen molar-refractivity contribution in [2.45, 2.75) is 64.8 Å². The fraction of sp³-hybridized carbons (Fsp3) is 0.933. The van der Waals surface area contributed by atoms with E-state index in [-0.39, 0.29) is 0 Å². The summed E-state index contributed by atoms with van der Waals surface area (Å²) in [6.45, 7) is 7.13. The van der Waals surface area contributed by atoms with E-state index in [1.165, 1.54) is 44.9 Å². The topological polar surface area (TPSA) is 32.3 Å². The highest BCUT2D eigenvalue weighted by Gasteiger charge is 2.31. The van der Waals surface area contributed by atoms with Crippen molar-refractivity contribution in [2.24, 2.45) is 5.41 Å². The van der Waals surface area contributed by atoms with E-state index < -0.39 is 0 Å². The van der Waals surface area contributed by atoms with Crippen LogP contribution in [0.3, 0.4) is 0 Å². The molecule has 3 heteroatoms. The van der Waals surface area contributed by atoms with Crippen LogP contribution in [-0.2, 0) is 4.79 Å². The molecule has 104 valence electrons. The number of likely N-dealkylation sites (tertiary alicyclic amines) is 1. The summed E-state index contributed by atoms with van der Waals surface area (Å²) >= 11 is 0. The van der Waals surface area contributed by atoms with Crippen LogP contribution in [0.15, 0.2) is 0 Å². The zero-order chi connectivity index (χ0) is 13.0. The minimum absolute atomic E-state index is 0.307. The molecule has 1 aliphatic heterocycles. The highest BCUT2D eigenvalue weighted by molar-refractivity contribution is 5.78. The fourth-order valence-electron chi connectivity index (χ4n) is 3.27. The van der Waals surface area contributed by atoms with Crippen molar-refractivity contribution < 1.29 is 4.79 Å². The van der Waals surface area contributed by atoms with Crippen LogP contribution in [0.2, 0.25) is 0 Å². The molecule has 2 aliphatic rings. The molecule has 0 aromatic heterocycles. The molecule has 0 aromatic carbocycles. The summed E-state index contributed by atoms with van der Waals surface area (Å²) in [7, 11) is 0. The number of hydrogen-bond donors (Lipinski definition) is 1. The normalized spacial score (nSPS) is 28.1. The van der Waals surface area contributed by atoms with Gasteiger partial charge in [0.05, 0.1) is 6.54 Å². The third kappa shape index (κ3) is 3.98. The monoisotopic (exact) mass is 252 g/mol. The quantitative estimate of drug-likeness (QED) is 0.837. The predicted octanol–water partition coefficient (Wildman–Crippen LogP) is 2.56. The van der Waals surface area contributed by atoms with Gasteiger partial charge in [-0.25, -0.2) is 0 Å². The van der Waals surface area contributed by atoms with Crippen molar-refractivity contribution in [2.75, 3.05) is 19.6 Å². The van der Waals surface area contributed by atoms with Crippen LogP contribution < -0.4 is 5.32 Å². The first kappa shape index (κ1) is 13.9. The molecule has 1 aliphatic carbocycles. The maximum atomic E-state index is 12.1. The average Bonchev–Trinajstić information content (AvgIpc) is 2.57. The molecule has 18 heavy (non-hydrogen) atoms. The zero-order valence-corrected chi connectivity index (χ0v) is 12.0.